The molecule has 1 atom stereocenters. The third kappa shape index (κ3) is 5.43. The number of aryl methyl sites for hydroxylation is 1. The monoisotopic (exact) mass is 172 g/mol. The maximum atomic E-state index is 9.45. The number of imidazole rings is 1. The summed E-state index contributed by atoms with van der Waals surface area (Å²) in [6, 6.07) is 0. The number of carboxylic acids is 1. The molecule has 12 heavy (non-hydrogen) atoms. The van der Waals surface area contributed by atoms with E-state index in [2.05, 4.69) is 9.97 Å². The fourth-order valence-electron chi connectivity index (χ4n) is 0.344. The van der Waals surface area contributed by atoms with Crippen molar-refractivity contribution >= 4 is 5.97 Å². The van der Waals surface area contributed by atoms with E-state index < -0.39 is 12.1 Å². The number of nitrogens with zero attached hydrogens (tertiary/aromatic N) is 1. The Bertz CT molecular complexity index is 219. The normalized spacial score (nSPS) is 11.2. The second-order valence-corrected chi connectivity index (χ2v) is 2.19. The molecule has 0 aliphatic carbocycles. The Morgan fingerprint density at radius 1 is 1.75 bits per heavy atom. The smallest absolute Gasteiger partial charge is 0.332 e. The zero-order valence-electron chi connectivity index (χ0n) is 6.98. The standard InChI is InChI=1S/C4H6N2.C3H6O3/c1-4-5-2-3-6-4;1-2(4)3(5)6/h2-3H,1H3,(H,5,6);2,4H,1H3,(H,5,6). The number of carbonyl (C=O) groups is 1. The molecule has 0 fully saturated rings. The molecule has 0 radical (unpaired) electrons. The lowest BCUT2D eigenvalue weighted by atomic mass is 10.4. The molecule has 5 heteroatoms. The lowest BCUT2D eigenvalue weighted by Gasteiger charge is -1.89. The molecule has 1 heterocycles. The fraction of sp³-hybridized carbons (Fsp3) is 0.429. The Morgan fingerprint density at radius 3 is 2.33 bits per heavy atom. The Labute approximate surface area is 70.1 Å². The van der Waals surface area contributed by atoms with Crippen LogP contribution in [0.4, 0.5) is 0 Å². The van der Waals surface area contributed by atoms with Gasteiger partial charge in [0.15, 0.2) is 0 Å². The van der Waals surface area contributed by atoms with E-state index in [0.29, 0.717) is 0 Å². The molecule has 1 unspecified atom stereocenters. The molecule has 1 aromatic heterocycles. The van der Waals surface area contributed by atoms with Crippen molar-refractivity contribution in [2.75, 3.05) is 0 Å². The number of hydrogen-bond acceptors (Lipinski definition) is 3. The number of aliphatic hydroxyl groups excluding tert-OH is 1. The quantitative estimate of drug-likeness (QED) is 0.563. The van der Waals surface area contributed by atoms with Gasteiger partial charge in [0.2, 0.25) is 0 Å². The van der Waals surface area contributed by atoms with Crippen molar-refractivity contribution in [1.29, 1.82) is 0 Å². The van der Waals surface area contributed by atoms with Crippen molar-refractivity contribution in [2.45, 2.75) is 20.0 Å². The van der Waals surface area contributed by atoms with Gasteiger partial charge >= 0.3 is 5.97 Å². The number of rotatable bonds is 1. The molecular weight excluding hydrogens is 160 g/mol. The highest BCUT2D eigenvalue weighted by Gasteiger charge is 2.01. The number of H-pyrrole nitrogens is 1. The highest BCUT2D eigenvalue weighted by Crippen LogP contribution is 1.78. The van der Waals surface area contributed by atoms with Gasteiger partial charge in [0, 0.05) is 12.4 Å². The maximum Gasteiger partial charge on any atom is 0.332 e. The number of aromatic nitrogens is 2. The van der Waals surface area contributed by atoms with Crippen molar-refractivity contribution in [3.05, 3.63) is 18.2 Å². The molecule has 1 aromatic rings. The average molecular weight is 172 g/mol. The summed E-state index contributed by atoms with van der Waals surface area (Å²) in [5.41, 5.74) is 0. The van der Waals surface area contributed by atoms with Gasteiger partial charge in [0.1, 0.15) is 11.9 Å². The number of hydrogen-bond donors (Lipinski definition) is 3. The number of aromatic amines is 1. The first-order valence-corrected chi connectivity index (χ1v) is 3.41. The Kier molecular flexibility index (Phi) is 4.71. The van der Waals surface area contributed by atoms with Gasteiger partial charge in [-0.1, -0.05) is 0 Å². The van der Waals surface area contributed by atoms with Gasteiger partial charge in [-0.25, -0.2) is 9.78 Å². The van der Waals surface area contributed by atoms with Crippen LogP contribution in [0.5, 0.6) is 0 Å². The van der Waals surface area contributed by atoms with E-state index in [9.17, 15) is 4.79 Å². The van der Waals surface area contributed by atoms with Crippen LogP contribution in [-0.4, -0.2) is 32.3 Å². The van der Waals surface area contributed by atoms with Crippen LogP contribution in [0, 0.1) is 6.92 Å². The number of nitrogens with one attached hydrogen (secondary N) is 1. The molecule has 5 nitrogen and oxygen atoms in total. The summed E-state index contributed by atoms with van der Waals surface area (Å²) >= 11 is 0. The van der Waals surface area contributed by atoms with E-state index in [1.54, 1.807) is 12.4 Å². The zero-order valence-corrected chi connectivity index (χ0v) is 6.98. The summed E-state index contributed by atoms with van der Waals surface area (Å²) < 4.78 is 0. The third-order valence-corrected chi connectivity index (χ3v) is 0.992. The van der Waals surface area contributed by atoms with E-state index in [-0.39, 0.29) is 0 Å². The predicted octanol–water partition coefficient (Wildman–Crippen LogP) is 0.170. The number of aliphatic hydroxyl groups is 1. The van der Waals surface area contributed by atoms with Crippen LogP contribution < -0.4 is 0 Å². The SMILES string of the molecule is CC(O)C(=O)O.Cc1ncc[nH]1. The largest absolute Gasteiger partial charge is 0.479 e. The second kappa shape index (κ2) is 5.31. The molecule has 68 valence electrons. The van der Waals surface area contributed by atoms with Crippen LogP contribution in [0.25, 0.3) is 0 Å². The summed E-state index contributed by atoms with van der Waals surface area (Å²) in [5, 5.41) is 15.8. The zero-order chi connectivity index (χ0) is 9.56. The Balaban J connectivity index is 0.000000202. The van der Waals surface area contributed by atoms with E-state index in [1.807, 2.05) is 6.92 Å². The molecule has 0 amide bonds. The lowest BCUT2D eigenvalue weighted by Crippen LogP contribution is -2.13. The second-order valence-electron chi connectivity index (χ2n) is 2.19. The van der Waals surface area contributed by atoms with Gasteiger partial charge in [-0.3, -0.25) is 0 Å². The molecule has 0 spiro atoms. The van der Waals surface area contributed by atoms with E-state index in [4.69, 9.17) is 10.2 Å². The third-order valence-electron chi connectivity index (χ3n) is 0.992. The first kappa shape index (κ1) is 10.6. The van der Waals surface area contributed by atoms with Crippen LogP contribution >= 0.6 is 0 Å². The van der Waals surface area contributed by atoms with Gasteiger partial charge in [0.05, 0.1) is 0 Å². The molecule has 0 saturated heterocycles. The molecule has 1 rings (SSSR count). The van der Waals surface area contributed by atoms with E-state index in [1.165, 1.54) is 6.92 Å². The van der Waals surface area contributed by atoms with Crippen molar-refractivity contribution in [2.24, 2.45) is 0 Å². The summed E-state index contributed by atoms with van der Waals surface area (Å²) in [4.78, 5) is 16.2. The highest BCUT2D eigenvalue weighted by atomic mass is 16.4. The maximum absolute atomic E-state index is 9.45. The van der Waals surface area contributed by atoms with Crippen molar-refractivity contribution in [1.82, 2.24) is 9.97 Å². The van der Waals surface area contributed by atoms with Crippen molar-refractivity contribution in [3.8, 4) is 0 Å². The van der Waals surface area contributed by atoms with E-state index >= 15 is 0 Å². The Morgan fingerprint density at radius 2 is 2.25 bits per heavy atom. The van der Waals surface area contributed by atoms with Crippen molar-refractivity contribution < 1.29 is 15.0 Å². The van der Waals surface area contributed by atoms with Gasteiger partial charge in [-0.2, -0.15) is 0 Å². The summed E-state index contributed by atoms with van der Waals surface area (Å²) in [6.45, 7) is 3.11. The number of carboxylic acid groups (broad SMARTS) is 1. The molecule has 0 bridgehead atoms. The van der Waals surface area contributed by atoms with Crippen LogP contribution in [0.2, 0.25) is 0 Å². The van der Waals surface area contributed by atoms with E-state index in [0.717, 1.165) is 5.82 Å². The minimum absolute atomic E-state index is 0.968. The van der Waals surface area contributed by atoms with Crippen LogP contribution in [0.15, 0.2) is 12.4 Å². The minimum Gasteiger partial charge on any atom is -0.479 e. The molecule has 0 saturated carbocycles. The Hall–Kier alpha value is -1.36. The fourth-order valence-corrected chi connectivity index (χ4v) is 0.344. The summed E-state index contributed by atoms with van der Waals surface area (Å²) in [7, 11) is 0. The average Bonchev–Trinajstić information content (AvgIpc) is 2.40. The van der Waals surface area contributed by atoms with Crippen LogP contribution in [0.3, 0.4) is 0 Å². The van der Waals surface area contributed by atoms with Crippen LogP contribution in [0.1, 0.15) is 12.7 Å². The first-order valence-electron chi connectivity index (χ1n) is 3.41. The molecule has 0 aromatic carbocycles. The van der Waals surface area contributed by atoms with Gasteiger partial charge < -0.3 is 15.2 Å². The van der Waals surface area contributed by atoms with Crippen LogP contribution in [-0.2, 0) is 4.79 Å². The molecule has 3 N–H and O–H groups in total. The highest BCUT2D eigenvalue weighted by molar-refractivity contribution is 5.71. The number of aliphatic carboxylic acids is 1. The summed E-state index contributed by atoms with van der Waals surface area (Å²) in [6.07, 6.45) is 2.30. The molecule has 0 aliphatic rings. The topological polar surface area (TPSA) is 86.2 Å². The summed E-state index contributed by atoms with van der Waals surface area (Å²) in [5.74, 6) is -0.218. The van der Waals surface area contributed by atoms with Gasteiger partial charge in [-0.05, 0) is 13.8 Å². The van der Waals surface area contributed by atoms with Gasteiger partial charge in [0.25, 0.3) is 0 Å². The molecular formula is C7H12N2O3. The minimum atomic E-state index is -1.23. The first-order chi connectivity index (χ1) is 5.54. The van der Waals surface area contributed by atoms with Crippen molar-refractivity contribution in [3.63, 3.8) is 0 Å². The van der Waals surface area contributed by atoms with Gasteiger partial charge in [-0.15, -0.1) is 0 Å². The molecule has 0 aliphatic heterocycles. The predicted molar refractivity (Wildman–Crippen MR) is 42.6 cm³/mol. The lowest BCUT2D eigenvalue weighted by molar-refractivity contribution is -0.145.